The van der Waals surface area contributed by atoms with Gasteiger partial charge in [-0.3, -0.25) is 0 Å². The molecule has 1 fully saturated rings. The number of benzene rings is 1. The van der Waals surface area contributed by atoms with Crippen LogP contribution >= 0.6 is 11.6 Å². The van der Waals surface area contributed by atoms with E-state index in [2.05, 4.69) is 0 Å². The number of amides is 2. The third-order valence-corrected chi connectivity index (χ3v) is 4.37. The van der Waals surface area contributed by atoms with Gasteiger partial charge in [0.15, 0.2) is 0 Å². The van der Waals surface area contributed by atoms with E-state index in [9.17, 15) is 14.7 Å². The molecule has 1 heterocycles. The number of aliphatic carboxylic acids is 1. The van der Waals surface area contributed by atoms with E-state index in [0.717, 1.165) is 12.0 Å². The molecule has 1 aliphatic rings. The van der Waals surface area contributed by atoms with Crippen LogP contribution in [0.1, 0.15) is 31.4 Å². The Balaban J connectivity index is 2.16. The van der Waals surface area contributed by atoms with Gasteiger partial charge in [0.1, 0.15) is 6.04 Å². The highest BCUT2D eigenvalue weighted by molar-refractivity contribution is 6.31. The molecule has 0 spiro atoms. The largest absolute Gasteiger partial charge is 0.480 e. The quantitative estimate of drug-likeness (QED) is 0.933. The summed E-state index contributed by atoms with van der Waals surface area (Å²) in [5.74, 6) is -0.945. The molecule has 2 rings (SSSR count). The molecule has 2 atom stereocenters. The number of carbonyl (C=O) groups excluding carboxylic acids is 1. The highest BCUT2D eigenvalue weighted by Gasteiger charge is 2.36. The lowest BCUT2D eigenvalue weighted by atomic mass is 10.1. The first-order valence-corrected chi connectivity index (χ1v) is 7.32. The average Bonchev–Trinajstić information content (AvgIpc) is 2.95. The van der Waals surface area contributed by atoms with Crippen LogP contribution in [0.2, 0.25) is 5.02 Å². The fraction of sp³-hybridized carbons (Fsp3) is 0.467. The fourth-order valence-corrected chi connectivity index (χ4v) is 2.94. The van der Waals surface area contributed by atoms with Crippen LogP contribution in [0, 0.1) is 0 Å². The Kier molecular flexibility index (Phi) is 4.73. The van der Waals surface area contributed by atoms with Crippen LogP contribution in [0.4, 0.5) is 4.79 Å². The Hall–Kier alpha value is -1.75. The summed E-state index contributed by atoms with van der Waals surface area (Å²) in [6, 6.07) is 6.14. The molecule has 1 unspecified atom stereocenters. The number of urea groups is 1. The van der Waals surface area contributed by atoms with Crippen LogP contribution in [-0.4, -0.2) is 46.5 Å². The lowest BCUT2D eigenvalue weighted by Gasteiger charge is -2.32. The van der Waals surface area contributed by atoms with Crippen molar-refractivity contribution in [3.8, 4) is 0 Å². The summed E-state index contributed by atoms with van der Waals surface area (Å²) in [6.45, 7) is 2.36. The van der Waals surface area contributed by atoms with Gasteiger partial charge >= 0.3 is 12.0 Å². The van der Waals surface area contributed by atoms with Crippen molar-refractivity contribution in [2.45, 2.75) is 31.8 Å². The van der Waals surface area contributed by atoms with E-state index in [1.807, 2.05) is 25.1 Å². The second-order valence-corrected chi connectivity index (χ2v) is 5.69. The van der Waals surface area contributed by atoms with Gasteiger partial charge in [-0.2, -0.15) is 0 Å². The van der Waals surface area contributed by atoms with Gasteiger partial charge in [0.05, 0.1) is 6.04 Å². The number of likely N-dealkylation sites (tertiary alicyclic amines) is 1. The number of hydrogen-bond donors (Lipinski definition) is 1. The molecule has 1 aromatic rings. The zero-order valence-electron chi connectivity index (χ0n) is 12.1. The monoisotopic (exact) mass is 310 g/mol. The van der Waals surface area contributed by atoms with Crippen LogP contribution in [0.15, 0.2) is 24.3 Å². The standard InChI is InChI=1S/C15H19ClN2O3/c1-10(11-6-3-4-7-12(11)16)17(2)15(21)18-9-5-8-13(18)14(19)20/h3-4,6-7,10,13H,5,8-9H2,1-2H3,(H,19,20)/t10?,13-/m0/s1. The summed E-state index contributed by atoms with van der Waals surface area (Å²) in [4.78, 5) is 26.7. The molecule has 114 valence electrons. The van der Waals surface area contributed by atoms with Crippen LogP contribution in [-0.2, 0) is 4.79 Å². The topological polar surface area (TPSA) is 60.9 Å². The first kappa shape index (κ1) is 15.6. The first-order chi connectivity index (χ1) is 9.93. The predicted molar refractivity (Wildman–Crippen MR) is 80.4 cm³/mol. The van der Waals surface area contributed by atoms with Crippen molar-refractivity contribution in [3.05, 3.63) is 34.9 Å². The second-order valence-electron chi connectivity index (χ2n) is 5.28. The Labute approximate surface area is 129 Å². The molecule has 0 bridgehead atoms. The van der Waals surface area contributed by atoms with E-state index in [-0.39, 0.29) is 12.1 Å². The molecule has 1 aliphatic heterocycles. The highest BCUT2D eigenvalue weighted by Crippen LogP contribution is 2.28. The third kappa shape index (κ3) is 3.13. The first-order valence-electron chi connectivity index (χ1n) is 6.94. The van der Waals surface area contributed by atoms with Gasteiger partial charge in [-0.05, 0) is 31.4 Å². The summed E-state index contributed by atoms with van der Waals surface area (Å²) in [5.41, 5.74) is 0.848. The van der Waals surface area contributed by atoms with Crippen LogP contribution in [0.3, 0.4) is 0 Å². The molecule has 1 aromatic carbocycles. The summed E-state index contributed by atoms with van der Waals surface area (Å²) in [5, 5.41) is 9.78. The highest BCUT2D eigenvalue weighted by atomic mass is 35.5. The molecule has 0 radical (unpaired) electrons. The van der Waals surface area contributed by atoms with E-state index in [1.54, 1.807) is 18.0 Å². The van der Waals surface area contributed by atoms with Gasteiger partial charge in [0.25, 0.3) is 0 Å². The maximum atomic E-state index is 12.5. The molecule has 1 saturated heterocycles. The van der Waals surface area contributed by atoms with E-state index in [0.29, 0.717) is 18.0 Å². The minimum absolute atomic E-state index is 0.221. The number of nitrogens with zero attached hydrogens (tertiary/aromatic N) is 2. The molecule has 6 heteroatoms. The number of carboxylic acids is 1. The molecule has 2 amide bonds. The Morgan fingerprint density at radius 3 is 2.71 bits per heavy atom. The van der Waals surface area contributed by atoms with Crippen molar-refractivity contribution >= 4 is 23.6 Å². The zero-order chi connectivity index (χ0) is 15.6. The Morgan fingerprint density at radius 1 is 1.43 bits per heavy atom. The van der Waals surface area contributed by atoms with E-state index >= 15 is 0 Å². The number of rotatable bonds is 3. The molecule has 0 aliphatic carbocycles. The summed E-state index contributed by atoms with van der Waals surface area (Å²) in [6.07, 6.45) is 1.23. The molecule has 5 nitrogen and oxygen atoms in total. The molecular weight excluding hydrogens is 292 g/mol. The van der Waals surface area contributed by atoms with Crippen molar-refractivity contribution in [1.29, 1.82) is 0 Å². The maximum absolute atomic E-state index is 12.5. The minimum atomic E-state index is -0.945. The van der Waals surface area contributed by atoms with Gasteiger partial charge < -0.3 is 14.9 Å². The van der Waals surface area contributed by atoms with Crippen LogP contribution in [0.25, 0.3) is 0 Å². The van der Waals surface area contributed by atoms with Crippen molar-refractivity contribution in [3.63, 3.8) is 0 Å². The Bertz CT molecular complexity index is 549. The van der Waals surface area contributed by atoms with E-state index in [4.69, 9.17) is 11.6 Å². The summed E-state index contributed by atoms with van der Waals surface area (Å²) in [7, 11) is 1.67. The SMILES string of the molecule is CC(c1ccccc1Cl)N(C)C(=O)N1CCC[C@H]1C(=O)O. The lowest BCUT2D eigenvalue weighted by molar-refractivity contribution is -0.141. The fourth-order valence-electron chi connectivity index (χ4n) is 2.64. The zero-order valence-corrected chi connectivity index (χ0v) is 12.9. The van der Waals surface area contributed by atoms with Crippen molar-refractivity contribution in [1.82, 2.24) is 9.80 Å². The number of carbonyl (C=O) groups is 2. The van der Waals surface area contributed by atoms with Crippen molar-refractivity contribution in [2.24, 2.45) is 0 Å². The van der Waals surface area contributed by atoms with Crippen molar-refractivity contribution in [2.75, 3.05) is 13.6 Å². The molecule has 0 saturated carbocycles. The van der Waals surface area contributed by atoms with E-state index in [1.165, 1.54) is 4.90 Å². The van der Waals surface area contributed by atoms with Gasteiger partial charge in [0.2, 0.25) is 0 Å². The Morgan fingerprint density at radius 2 is 2.10 bits per heavy atom. The number of carboxylic acid groups (broad SMARTS) is 1. The van der Waals surface area contributed by atoms with Gasteiger partial charge in [0, 0.05) is 18.6 Å². The normalized spacial score (nSPS) is 19.4. The lowest BCUT2D eigenvalue weighted by Crippen LogP contribution is -2.47. The molecule has 21 heavy (non-hydrogen) atoms. The van der Waals surface area contributed by atoms with Gasteiger partial charge in [-0.25, -0.2) is 9.59 Å². The summed E-state index contributed by atoms with van der Waals surface area (Å²) >= 11 is 6.16. The third-order valence-electron chi connectivity index (χ3n) is 4.02. The van der Waals surface area contributed by atoms with Crippen LogP contribution in [0.5, 0.6) is 0 Å². The maximum Gasteiger partial charge on any atom is 0.326 e. The van der Waals surface area contributed by atoms with Crippen LogP contribution < -0.4 is 0 Å². The number of hydrogen-bond acceptors (Lipinski definition) is 2. The second kappa shape index (κ2) is 6.35. The molecule has 1 N–H and O–H groups in total. The average molecular weight is 311 g/mol. The number of halogens is 1. The predicted octanol–water partition coefficient (Wildman–Crippen LogP) is 3.00. The smallest absolute Gasteiger partial charge is 0.326 e. The summed E-state index contributed by atoms with van der Waals surface area (Å²) < 4.78 is 0. The van der Waals surface area contributed by atoms with Gasteiger partial charge in [-0.15, -0.1) is 0 Å². The minimum Gasteiger partial charge on any atom is -0.480 e. The van der Waals surface area contributed by atoms with E-state index < -0.39 is 12.0 Å². The van der Waals surface area contributed by atoms with Gasteiger partial charge in [-0.1, -0.05) is 29.8 Å². The molecule has 0 aromatic heterocycles. The van der Waals surface area contributed by atoms with Crippen molar-refractivity contribution < 1.29 is 14.7 Å². The molecular formula is C15H19ClN2O3.